The van der Waals surface area contributed by atoms with E-state index >= 15 is 0 Å². The van der Waals surface area contributed by atoms with Gasteiger partial charge in [0.05, 0.1) is 6.10 Å². The average molecular weight is 227 g/mol. The Morgan fingerprint density at radius 3 is 2.38 bits per heavy atom. The zero-order valence-electron chi connectivity index (χ0n) is 11.5. The summed E-state index contributed by atoms with van der Waals surface area (Å²) >= 11 is 0. The van der Waals surface area contributed by atoms with E-state index in [2.05, 4.69) is 33.0 Å². The number of hydrogen-bond donors (Lipinski definition) is 1. The zero-order valence-corrected chi connectivity index (χ0v) is 11.5. The largest absolute Gasteiger partial charge is 0.378 e. The molecule has 1 N–H and O–H groups in total. The molecule has 3 unspecified atom stereocenters. The van der Waals surface area contributed by atoms with E-state index in [4.69, 9.17) is 4.74 Å². The molecule has 1 aliphatic heterocycles. The Bertz CT molecular complexity index is 180. The molecule has 1 saturated heterocycles. The maximum Gasteiger partial charge on any atom is 0.0590 e. The van der Waals surface area contributed by atoms with Crippen LogP contribution in [0.1, 0.15) is 53.4 Å². The molecule has 0 aliphatic carbocycles. The highest BCUT2D eigenvalue weighted by Gasteiger charge is 2.32. The van der Waals surface area contributed by atoms with Crippen LogP contribution in [0.4, 0.5) is 0 Å². The first-order valence-corrected chi connectivity index (χ1v) is 7.07. The van der Waals surface area contributed by atoms with Crippen molar-refractivity contribution < 1.29 is 4.74 Å². The molecule has 1 aliphatic rings. The Morgan fingerprint density at radius 2 is 1.94 bits per heavy atom. The molecule has 3 atom stereocenters. The van der Waals surface area contributed by atoms with Crippen LogP contribution >= 0.6 is 0 Å². The van der Waals surface area contributed by atoms with Crippen molar-refractivity contribution in [2.24, 2.45) is 11.8 Å². The number of hydrogen-bond acceptors (Lipinski definition) is 2. The van der Waals surface area contributed by atoms with Gasteiger partial charge in [0.15, 0.2) is 0 Å². The molecule has 1 heterocycles. The van der Waals surface area contributed by atoms with Gasteiger partial charge in [-0.15, -0.1) is 0 Å². The lowest BCUT2D eigenvalue weighted by atomic mass is 9.85. The molecule has 96 valence electrons. The fraction of sp³-hybridized carbons (Fsp3) is 1.00. The molecule has 2 heteroatoms. The van der Waals surface area contributed by atoms with Crippen molar-refractivity contribution in [2.75, 3.05) is 13.2 Å². The van der Waals surface area contributed by atoms with Gasteiger partial charge < -0.3 is 10.1 Å². The Kier molecular flexibility index (Phi) is 6.37. The maximum absolute atomic E-state index is 5.70. The van der Waals surface area contributed by atoms with Gasteiger partial charge in [-0.05, 0) is 32.2 Å². The highest BCUT2D eigenvalue weighted by Crippen LogP contribution is 2.28. The topological polar surface area (TPSA) is 21.3 Å². The van der Waals surface area contributed by atoms with Crippen molar-refractivity contribution in [3.63, 3.8) is 0 Å². The molecule has 0 aromatic carbocycles. The fourth-order valence-corrected chi connectivity index (χ4v) is 2.93. The van der Waals surface area contributed by atoms with E-state index in [1.165, 1.54) is 25.7 Å². The molecular formula is C14H29NO. The highest BCUT2D eigenvalue weighted by atomic mass is 16.5. The van der Waals surface area contributed by atoms with Crippen molar-refractivity contribution >= 4 is 0 Å². The van der Waals surface area contributed by atoms with Crippen LogP contribution in [0.3, 0.4) is 0 Å². The Morgan fingerprint density at radius 1 is 1.25 bits per heavy atom. The lowest BCUT2D eigenvalue weighted by Crippen LogP contribution is -2.40. The van der Waals surface area contributed by atoms with Gasteiger partial charge in [0.25, 0.3) is 0 Å². The van der Waals surface area contributed by atoms with Crippen LogP contribution in [0.2, 0.25) is 0 Å². The van der Waals surface area contributed by atoms with Crippen molar-refractivity contribution in [3.8, 4) is 0 Å². The summed E-state index contributed by atoms with van der Waals surface area (Å²) in [4.78, 5) is 0. The molecule has 1 rings (SSSR count). The van der Waals surface area contributed by atoms with E-state index in [0.717, 1.165) is 25.0 Å². The van der Waals surface area contributed by atoms with Gasteiger partial charge in [-0.1, -0.05) is 33.6 Å². The summed E-state index contributed by atoms with van der Waals surface area (Å²) in [6.45, 7) is 11.1. The van der Waals surface area contributed by atoms with E-state index in [9.17, 15) is 0 Å². The summed E-state index contributed by atoms with van der Waals surface area (Å²) in [5.41, 5.74) is 0. The highest BCUT2D eigenvalue weighted by molar-refractivity contribution is 4.85. The minimum absolute atomic E-state index is 0.443. The van der Waals surface area contributed by atoms with Crippen LogP contribution in [0.25, 0.3) is 0 Å². The minimum Gasteiger partial charge on any atom is -0.378 e. The van der Waals surface area contributed by atoms with Gasteiger partial charge in [-0.25, -0.2) is 0 Å². The van der Waals surface area contributed by atoms with Crippen LogP contribution < -0.4 is 5.32 Å². The SMILES string of the molecule is CCNC(CC(CC)CC)C1CCOC1C. The second-order valence-electron chi connectivity index (χ2n) is 5.11. The molecule has 0 amide bonds. The molecular weight excluding hydrogens is 198 g/mol. The Labute approximate surface area is 101 Å². The molecule has 2 nitrogen and oxygen atoms in total. The van der Waals surface area contributed by atoms with Gasteiger partial charge in [0, 0.05) is 18.6 Å². The van der Waals surface area contributed by atoms with E-state index in [-0.39, 0.29) is 0 Å². The Hall–Kier alpha value is -0.0800. The van der Waals surface area contributed by atoms with Gasteiger partial charge in [-0.3, -0.25) is 0 Å². The third-order valence-corrected chi connectivity index (χ3v) is 4.16. The minimum atomic E-state index is 0.443. The molecule has 16 heavy (non-hydrogen) atoms. The van der Waals surface area contributed by atoms with Crippen LogP contribution in [-0.4, -0.2) is 25.3 Å². The predicted octanol–water partition coefficient (Wildman–Crippen LogP) is 3.22. The van der Waals surface area contributed by atoms with Crippen molar-refractivity contribution in [1.82, 2.24) is 5.32 Å². The second kappa shape index (κ2) is 7.29. The Balaban J connectivity index is 2.51. The number of nitrogens with one attached hydrogen (secondary N) is 1. The molecule has 0 radical (unpaired) electrons. The molecule has 0 aromatic rings. The van der Waals surface area contributed by atoms with Crippen molar-refractivity contribution in [1.29, 1.82) is 0 Å². The lowest BCUT2D eigenvalue weighted by Gasteiger charge is -2.29. The van der Waals surface area contributed by atoms with E-state index in [0.29, 0.717) is 12.1 Å². The molecule has 1 fully saturated rings. The van der Waals surface area contributed by atoms with Gasteiger partial charge in [0.2, 0.25) is 0 Å². The number of rotatable bonds is 7. The third kappa shape index (κ3) is 3.74. The summed E-state index contributed by atoms with van der Waals surface area (Å²) < 4.78 is 5.70. The van der Waals surface area contributed by atoms with E-state index in [1.54, 1.807) is 0 Å². The van der Waals surface area contributed by atoms with Crippen LogP contribution in [0.15, 0.2) is 0 Å². The molecule has 0 aromatic heterocycles. The summed E-state index contributed by atoms with van der Waals surface area (Å²) in [6.07, 6.45) is 5.61. The van der Waals surface area contributed by atoms with E-state index < -0.39 is 0 Å². The maximum atomic E-state index is 5.70. The molecule has 0 bridgehead atoms. The third-order valence-electron chi connectivity index (χ3n) is 4.16. The summed E-state index contributed by atoms with van der Waals surface area (Å²) in [5.74, 6) is 1.59. The standard InChI is InChI=1S/C14H29NO/c1-5-12(6-2)10-14(15-7-3)13-8-9-16-11(13)4/h11-15H,5-10H2,1-4H3. The summed E-state index contributed by atoms with van der Waals surface area (Å²) in [7, 11) is 0. The monoisotopic (exact) mass is 227 g/mol. The predicted molar refractivity (Wildman–Crippen MR) is 69.7 cm³/mol. The molecule has 0 saturated carbocycles. The van der Waals surface area contributed by atoms with Crippen LogP contribution in [0.5, 0.6) is 0 Å². The lowest BCUT2D eigenvalue weighted by molar-refractivity contribution is 0.0918. The van der Waals surface area contributed by atoms with Gasteiger partial charge in [0.1, 0.15) is 0 Å². The smallest absolute Gasteiger partial charge is 0.0590 e. The first-order chi connectivity index (χ1) is 7.72. The van der Waals surface area contributed by atoms with Crippen LogP contribution in [0, 0.1) is 11.8 Å². The summed E-state index contributed by atoms with van der Waals surface area (Å²) in [5, 5.41) is 3.67. The van der Waals surface area contributed by atoms with Gasteiger partial charge in [-0.2, -0.15) is 0 Å². The van der Waals surface area contributed by atoms with Crippen LogP contribution in [-0.2, 0) is 4.74 Å². The van der Waals surface area contributed by atoms with Crippen molar-refractivity contribution in [2.45, 2.75) is 65.5 Å². The second-order valence-corrected chi connectivity index (χ2v) is 5.11. The van der Waals surface area contributed by atoms with Gasteiger partial charge >= 0.3 is 0 Å². The number of ether oxygens (including phenoxy) is 1. The first kappa shape index (κ1) is 14.0. The normalized spacial score (nSPS) is 27.6. The zero-order chi connectivity index (χ0) is 12.0. The fourth-order valence-electron chi connectivity index (χ4n) is 2.93. The quantitative estimate of drug-likeness (QED) is 0.721. The van der Waals surface area contributed by atoms with E-state index in [1.807, 2.05) is 0 Å². The average Bonchev–Trinajstić information content (AvgIpc) is 2.71. The molecule has 0 spiro atoms. The summed E-state index contributed by atoms with van der Waals surface area (Å²) in [6, 6.07) is 0.660. The van der Waals surface area contributed by atoms with Crippen molar-refractivity contribution in [3.05, 3.63) is 0 Å². The first-order valence-electron chi connectivity index (χ1n) is 7.07.